The van der Waals surface area contributed by atoms with Crippen molar-refractivity contribution in [2.75, 3.05) is 5.32 Å². The van der Waals surface area contributed by atoms with Crippen LogP contribution in [0.3, 0.4) is 0 Å². The van der Waals surface area contributed by atoms with E-state index in [-0.39, 0.29) is 29.2 Å². The summed E-state index contributed by atoms with van der Waals surface area (Å²) < 4.78 is 32.5. The summed E-state index contributed by atoms with van der Waals surface area (Å²) in [6.07, 6.45) is 0. The summed E-state index contributed by atoms with van der Waals surface area (Å²) in [6.45, 7) is 2.74. The van der Waals surface area contributed by atoms with Crippen LogP contribution >= 0.6 is 0 Å². The molecule has 0 bridgehead atoms. The molecule has 0 aliphatic rings. The predicted molar refractivity (Wildman–Crippen MR) is 80.5 cm³/mol. The zero-order valence-corrected chi connectivity index (χ0v) is 12.8. The van der Waals surface area contributed by atoms with Gasteiger partial charge >= 0.3 is 0 Å². The number of aromatic nitrogens is 3. The minimum absolute atomic E-state index is 0.0937. The SMILES string of the molecule is Cc1noc2nc(C)n(CC(=O)Nc3ccc(F)cc3F)c(=O)c12. The highest BCUT2D eigenvalue weighted by Gasteiger charge is 2.17. The lowest BCUT2D eigenvalue weighted by Gasteiger charge is -2.10. The molecular weight excluding hydrogens is 322 g/mol. The van der Waals surface area contributed by atoms with E-state index in [1.165, 1.54) is 6.92 Å². The van der Waals surface area contributed by atoms with Gasteiger partial charge in [-0.25, -0.2) is 8.78 Å². The highest BCUT2D eigenvalue weighted by molar-refractivity contribution is 5.90. The molecule has 7 nitrogen and oxygen atoms in total. The number of carbonyl (C=O) groups excluding carboxylic acids is 1. The van der Waals surface area contributed by atoms with Crippen molar-refractivity contribution in [3.63, 3.8) is 0 Å². The van der Waals surface area contributed by atoms with E-state index >= 15 is 0 Å². The molecule has 1 amide bonds. The molecule has 1 aromatic carbocycles. The van der Waals surface area contributed by atoms with Gasteiger partial charge < -0.3 is 9.84 Å². The second-order valence-corrected chi connectivity index (χ2v) is 5.17. The van der Waals surface area contributed by atoms with Crippen molar-refractivity contribution in [3.05, 3.63) is 51.7 Å². The molecule has 2 heterocycles. The lowest BCUT2D eigenvalue weighted by Crippen LogP contribution is -2.30. The van der Waals surface area contributed by atoms with E-state index in [0.717, 1.165) is 16.7 Å². The molecule has 0 aliphatic heterocycles. The van der Waals surface area contributed by atoms with Crippen molar-refractivity contribution in [2.24, 2.45) is 0 Å². The molecule has 0 unspecified atom stereocenters. The highest BCUT2D eigenvalue weighted by Crippen LogP contribution is 2.15. The van der Waals surface area contributed by atoms with Gasteiger partial charge in [0.2, 0.25) is 5.91 Å². The van der Waals surface area contributed by atoms with E-state index in [0.29, 0.717) is 11.8 Å². The first kappa shape index (κ1) is 15.8. The lowest BCUT2D eigenvalue weighted by molar-refractivity contribution is -0.116. The van der Waals surface area contributed by atoms with Crippen molar-refractivity contribution in [1.82, 2.24) is 14.7 Å². The zero-order chi connectivity index (χ0) is 17.4. The average Bonchev–Trinajstić information content (AvgIpc) is 2.87. The predicted octanol–water partition coefficient (Wildman–Crippen LogP) is 1.92. The first-order valence-corrected chi connectivity index (χ1v) is 6.95. The Balaban J connectivity index is 1.90. The largest absolute Gasteiger partial charge is 0.335 e. The number of fused-ring (bicyclic) bond motifs is 1. The summed E-state index contributed by atoms with van der Waals surface area (Å²) in [7, 11) is 0. The number of nitrogens with zero attached hydrogens (tertiary/aromatic N) is 3. The average molecular weight is 334 g/mol. The number of amides is 1. The molecular formula is C15H12F2N4O3. The van der Waals surface area contributed by atoms with Gasteiger partial charge in [0, 0.05) is 6.07 Å². The highest BCUT2D eigenvalue weighted by atomic mass is 19.1. The molecule has 0 saturated carbocycles. The molecule has 0 radical (unpaired) electrons. The quantitative estimate of drug-likeness (QED) is 0.790. The number of nitrogens with one attached hydrogen (secondary N) is 1. The molecule has 1 N–H and O–H groups in total. The minimum Gasteiger partial charge on any atom is -0.335 e. The van der Waals surface area contributed by atoms with Crippen LogP contribution in [0, 0.1) is 25.5 Å². The van der Waals surface area contributed by atoms with Gasteiger partial charge in [-0.2, -0.15) is 4.98 Å². The van der Waals surface area contributed by atoms with Gasteiger partial charge in [-0.1, -0.05) is 5.16 Å². The van der Waals surface area contributed by atoms with Crippen molar-refractivity contribution in [1.29, 1.82) is 0 Å². The topological polar surface area (TPSA) is 90.0 Å². The Labute approximate surface area is 133 Å². The number of benzene rings is 1. The number of hydrogen-bond donors (Lipinski definition) is 1. The molecule has 9 heteroatoms. The van der Waals surface area contributed by atoms with Gasteiger partial charge in [0.25, 0.3) is 11.3 Å². The van der Waals surface area contributed by atoms with Crippen LogP contribution in [-0.4, -0.2) is 20.6 Å². The number of rotatable bonds is 3. The van der Waals surface area contributed by atoms with E-state index in [9.17, 15) is 18.4 Å². The van der Waals surface area contributed by atoms with Crippen molar-refractivity contribution >= 4 is 22.7 Å². The van der Waals surface area contributed by atoms with E-state index in [1.807, 2.05) is 0 Å². The Bertz CT molecular complexity index is 1010. The molecule has 0 aliphatic carbocycles. The van der Waals surface area contributed by atoms with Crippen LogP contribution in [0.1, 0.15) is 11.5 Å². The number of aryl methyl sites for hydroxylation is 2. The summed E-state index contributed by atoms with van der Waals surface area (Å²) in [5, 5.41) is 6.14. The number of hydrogen-bond acceptors (Lipinski definition) is 5. The first-order chi connectivity index (χ1) is 11.4. The summed E-state index contributed by atoms with van der Waals surface area (Å²) in [6, 6.07) is 2.77. The molecule has 24 heavy (non-hydrogen) atoms. The number of anilines is 1. The Morgan fingerprint density at radius 2 is 2.08 bits per heavy atom. The molecule has 3 rings (SSSR count). The standard InChI is InChI=1S/C15H12F2N4O3/c1-7-13-14(24-20-7)18-8(2)21(15(13)23)6-12(22)19-11-4-3-9(16)5-10(11)17/h3-5H,6H2,1-2H3,(H,19,22). The molecule has 0 spiro atoms. The maximum atomic E-state index is 13.6. The maximum Gasteiger partial charge on any atom is 0.267 e. The molecule has 0 fully saturated rings. The van der Waals surface area contributed by atoms with Gasteiger partial charge in [-0.05, 0) is 26.0 Å². The summed E-state index contributed by atoms with van der Waals surface area (Å²) in [5.41, 5.74) is -0.203. The zero-order valence-electron chi connectivity index (χ0n) is 12.8. The minimum atomic E-state index is -0.907. The fourth-order valence-electron chi connectivity index (χ4n) is 2.28. The Morgan fingerprint density at radius 1 is 1.33 bits per heavy atom. The summed E-state index contributed by atoms with van der Waals surface area (Å²) >= 11 is 0. The van der Waals surface area contributed by atoms with Crippen molar-refractivity contribution in [3.8, 4) is 0 Å². The third-order valence-corrected chi connectivity index (χ3v) is 3.46. The smallest absolute Gasteiger partial charge is 0.267 e. The second-order valence-electron chi connectivity index (χ2n) is 5.17. The van der Waals surface area contributed by atoms with Gasteiger partial charge in [-0.15, -0.1) is 0 Å². The van der Waals surface area contributed by atoms with E-state index in [2.05, 4.69) is 15.5 Å². The summed E-state index contributed by atoms with van der Waals surface area (Å²) in [5.74, 6) is -2.06. The van der Waals surface area contributed by atoms with E-state index < -0.39 is 23.1 Å². The van der Waals surface area contributed by atoms with Crippen LogP contribution in [0.4, 0.5) is 14.5 Å². The van der Waals surface area contributed by atoms with Crippen LogP contribution in [0.5, 0.6) is 0 Å². The second kappa shape index (κ2) is 5.84. The van der Waals surface area contributed by atoms with Crippen molar-refractivity contribution < 1.29 is 18.1 Å². The van der Waals surface area contributed by atoms with Crippen LogP contribution in [0.25, 0.3) is 11.1 Å². The third-order valence-electron chi connectivity index (χ3n) is 3.46. The van der Waals surface area contributed by atoms with E-state index in [1.54, 1.807) is 6.92 Å². The normalized spacial score (nSPS) is 11.0. The molecule has 0 saturated heterocycles. The van der Waals surface area contributed by atoms with Crippen LogP contribution in [0.2, 0.25) is 0 Å². The van der Waals surface area contributed by atoms with E-state index in [4.69, 9.17) is 4.52 Å². The van der Waals surface area contributed by atoms with Gasteiger partial charge in [0.05, 0.1) is 11.4 Å². The van der Waals surface area contributed by atoms with Crippen LogP contribution < -0.4 is 10.9 Å². The maximum absolute atomic E-state index is 13.6. The molecule has 124 valence electrons. The molecule has 0 atom stereocenters. The lowest BCUT2D eigenvalue weighted by atomic mass is 10.3. The van der Waals surface area contributed by atoms with Crippen LogP contribution in [0.15, 0.2) is 27.5 Å². The number of halogens is 2. The fraction of sp³-hybridized carbons (Fsp3) is 0.200. The van der Waals surface area contributed by atoms with Gasteiger partial charge in [-0.3, -0.25) is 14.2 Å². The first-order valence-electron chi connectivity index (χ1n) is 6.95. The third kappa shape index (κ3) is 2.75. The van der Waals surface area contributed by atoms with Gasteiger partial charge in [0.1, 0.15) is 29.4 Å². The molecule has 2 aromatic heterocycles. The Morgan fingerprint density at radius 3 is 2.79 bits per heavy atom. The Kier molecular flexibility index (Phi) is 3.84. The number of carbonyl (C=O) groups is 1. The molecule has 3 aromatic rings. The Hall–Kier alpha value is -3.10. The summed E-state index contributed by atoms with van der Waals surface area (Å²) in [4.78, 5) is 28.6. The van der Waals surface area contributed by atoms with Crippen molar-refractivity contribution in [2.45, 2.75) is 20.4 Å². The van der Waals surface area contributed by atoms with Crippen LogP contribution in [-0.2, 0) is 11.3 Å². The van der Waals surface area contributed by atoms with Gasteiger partial charge in [0.15, 0.2) is 0 Å². The fourth-order valence-corrected chi connectivity index (χ4v) is 2.28. The monoisotopic (exact) mass is 334 g/mol.